The number of nitrogens with zero attached hydrogens (tertiary/aromatic N) is 2. The molecule has 0 N–H and O–H groups in total. The molecular formula is C13H14N2S2Sn. The van der Waals surface area contributed by atoms with E-state index in [1.807, 2.05) is 17.4 Å². The van der Waals surface area contributed by atoms with Crippen LogP contribution < -0.4 is 2.89 Å². The minimum absolute atomic E-state index is 1.01. The van der Waals surface area contributed by atoms with Crippen LogP contribution in [0.1, 0.15) is 0 Å². The number of benzene rings is 1. The van der Waals surface area contributed by atoms with Crippen molar-refractivity contribution in [2.45, 2.75) is 14.8 Å². The van der Waals surface area contributed by atoms with E-state index in [0.29, 0.717) is 0 Å². The Labute approximate surface area is 119 Å². The Bertz CT molecular complexity index is 694. The van der Waals surface area contributed by atoms with Gasteiger partial charge in [-0.25, -0.2) is 0 Å². The molecule has 3 rings (SSSR count). The maximum atomic E-state index is 4.42. The summed E-state index contributed by atoms with van der Waals surface area (Å²) in [5, 5.41) is 0. The van der Waals surface area contributed by atoms with E-state index >= 15 is 0 Å². The average Bonchev–Trinajstić information content (AvgIpc) is 2.96. The summed E-state index contributed by atoms with van der Waals surface area (Å²) in [6.45, 7) is 0. The molecule has 0 bridgehead atoms. The van der Waals surface area contributed by atoms with Crippen molar-refractivity contribution in [2.75, 3.05) is 0 Å². The fourth-order valence-corrected chi connectivity index (χ4v) is 8.76. The SMILES string of the molecule is [CH3][Sn]([CH3])([CH3])[c]1ccc(-c2cccc3nsnc23)s1. The van der Waals surface area contributed by atoms with Gasteiger partial charge in [-0.15, -0.1) is 0 Å². The second-order valence-electron chi connectivity index (χ2n) is 5.35. The van der Waals surface area contributed by atoms with E-state index in [9.17, 15) is 0 Å². The summed E-state index contributed by atoms with van der Waals surface area (Å²) in [4.78, 5) is 8.69. The topological polar surface area (TPSA) is 25.8 Å². The molecule has 3 aromatic rings. The van der Waals surface area contributed by atoms with Gasteiger partial charge in [0, 0.05) is 0 Å². The van der Waals surface area contributed by atoms with Crippen LogP contribution in [0, 0.1) is 0 Å². The molecule has 0 fully saturated rings. The number of thiophene rings is 1. The number of fused-ring (bicyclic) bond motifs is 1. The van der Waals surface area contributed by atoms with E-state index < -0.39 is 18.4 Å². The third-order valence-electron chi connectivity index (χ3n) is 2.90. The monoisotopic (exact) mass is 382 g/mol. The molecule has 0 aliphatic heterocycles. The van der Waals surface area contributed by atoms with Gasteiger partial charge in [0.15, 0.2) is 0 Å². The van der Waals surface area contributed by atoms with Crippen molar-refractivity contribution in [3.05, 3.63) is 30.3 Å². The van der Waals surface area contributed by atoms with Gasteiger partial charge in [0.1, 0.15) is 0 Å². The normalized spacial score (nSPS) is 12.2. The van der Waals surface area contributed by atoms with E-state index in [2.05, 4.69) is 47.8 Å². The zero-order valence-corrected chi connectivity index (χ0v) is 15.1. The zero-order valence-electron chi connectivity index (χ0n) is 10.6. The molecule has 92 valence electrons. The van der Waals surface area contributed by atoms with Crippen LogP contribution in [-0.2, 0) is 0 Å². The van der Waals surface area contributed by atoms with Gasteiger partial charge in [-0.1, -0.05) is 0 Å². The van der Waals surface area contributed by atoms with Crippen molar-refractivity contribution in [3.63, 3.8) is 0 Å². The van der Waals surface area contributed by atoms with Crippen LogP contribution in [0.4, 0.5) is 0 Å². The molecule has 1 aromatic carbocycles. The number of rotatable bonds is 2. The van der Waals surface area contributed by atoms with Crippen molar-refractivity contribution in [1.29, 1.82) is 0 Å². The summed E-state index contributed by atoms with van der Waals surface area (Å²) in [5.41, 5.74) is 3.28. The van der Waals surface area contributed by atoms with Gasteiger partial charge in [0.25, 0.3) is 0 Å². The van der Waals surface area contributed by atoms with Gasteiger partial charge < -0.3 is 0 Å². The molecule has 2 heterocycles. The molecule has 0 amide bonds. The predicted molar refractivity (Wildman–Crippen MR) is 83.7 cm³/mol. The van der Waals surface area contributed by atoms with E-state index in [1.165, 1.54) is 22.2 Å². The first kappa shape index (κ1) is 12.6. The molecule has 0 atom stereocenters. The van der Waals surface area contributed by atoms with Crippen molar-refractivity contribution in [1.82, 2.24) is 8.75 Å². The Morgan fingerprint density at radius 3 is 2.56 bits per heavy atom. The number of hydrogen-bond donors (Lipinski definition) is 0. The van der Waals surface area contributed by atoms with Gasteiger partial charge >= 0.3 is 120 Å². The van der Waals surface area contributed by atoms with Gasteiger partial charge in [-0.2, -0.15) is 0 Å². The summed E-state index contributed by atoms with van der Waals surface area (Å²) in [6.07, 6.45) is 0. The standard InChI is InChI=1S/C10H5N2S2.3CH3.Sn/c1-3-7(9-5-2-6-13-9)10-8(4-1)11-14-12-10;;;;/h1-5H;3*1H3;. The molecule has 2 aromatic heterocycles. The molecule has 0 radical (unpaired) electrons. The maximum absolute atomic E-state index is 4.42. The van der Waals surface area contributed by atoms with Gasteiger partial charge in [-0.05, 0) is 0 Å². The van der Waals surface area contributed by atoms with Gasteiger partial charge in [0.2, 0.25) is 0 Å². The number of aromatic nitrogens is 2. The van der Waals surface area contributed by atoms with Crippen molar-refractivity contribution < 1.29 is 0 Å². The van der Waals surface area contributed by atoms with Crippen LogP contribution in [0.2, 0.25) is 14.8 Å². The van der Waals surface area contributed by atoms with E-state index in [4.69, 9.17) is 0 Å². The molecule has 0 aliphatic rings. The minimum atomic E-state index is -1.94. The molecular weight excluding hydrogens is 367 g/mol. The molecule has 0 aliphatic carbocycles. The molecule has 0 saturated carbocycles. The summed E-state index contributed by atoms with van der Waals surface area (Å²) in [6, 6.07) is 10.8. The Hall–Kier alpha value is -0.461. The van der Waals surface area contributed by atoms with Crippen molar-refractivity contribution >= 4 is 55.4 Å². The van der Waals surface area contributed by atoms with Crippen molar-refractivity contribution in [3.8, 4) is 10.4 Å². The molecule has 0 spiro atoms. The Balaban J connectivity index is 2.15. The van der Waals surface area contributed by atoms with E-state index in [0.717, 1.165) is 11.0 Å². The Morgan fingerprint density at radius 1 is 1.00 bits per heavy atom. The van der Waals surface area contributed by atoms with Crippen LogP contribution in [-0.4, -0.2) is 27.1 Å². The fraction of sp³-hybridized carbons (Fsp3) is 0.231. The first-order valence-electron chi connectivity index (χ1n) is 5.88. The van der Waals surface area contributed by atoms with Gasteiger partial charge in [0.05, 0.1) is 0 Å². The van der Waals surface area contributed by atoms with Crippen LogP contribution in [0.25, 0.3) is 21.5 Å². The van der Waals surface area contributed by atoms with Crippen LogP contribution >= 0.6 is 23.1 Å². The third-order valence-corrected chi connectivity index (χ3v) is 14.0. The van der Waals surface area contributed by atoms with Crippen LogP contribution in [0.15, 0.2) is 30.3 Å². The summed E-state index contributed by atoms with van der Waals surface area (Å²) in [5.74, 6) is 0. The quantitative estimate of drug-likeness (QED) is 0.628. The van der Waals surface area contributed by atoms with Crippen molar-refractivity contribution in [2.24, 2.45) is 0 Å². The zero-order chi connectivity index (χ0) is 12.8. The van der Waals surface area contributed by atoms with Crippen LogP contribution in [0.5, 0.6) is 0 Å². The fourth-order valence-electron chi connectivity index (χ4n) is 1.89. The van der Waals surface area contributed by atoms with E-state index in [1.54, 1.807) is 2.89 Å². The predicted octanol–water partition coefficient (Wildman–Crippen LogP) is 3.97. The first-order chi connectivity index (χ1) is 8.55. The molecule has 2 nitrogen and oxygen atoms in total. The molecule has 5 heteroatoms. The average molecular weight is 381 g/mol. The Kier molecular flexibility index (Phi) is 3.20. The molecule has 18 heavy (non-hydrogen) atoms. The summed E-state index contributed by atoms with van der Waals surface area (Å²) < 4.78 is 10.3. The van der Waals surface area contributed by atoms with E-state index in [-0.39, 0.29) is 0 Å². The second-order valence-corrected chi connectivity index (χ2v) is 22.4. The first-order valence-corrected chi connectivity index (χ1v) is 17.4. The number of hydrogen-bond acceptors (Lipinski definition) is 4. The summed E-state index contributed by atoms with van der Waals surface area (Å²) in [7, 11) is 0. The summed E-state index contributed by atoms with van der Waals surface area (Å²) >= 11 is 1.30. The molecule has 0 unspecified atom stereocenters. The Morgan fingerprint density at radius 2 is 1.83 bits per heavy atom. The molecule has 0 saturated heterocycles. The van der Waals surface area contributed by atoms with Gasteiger partial charge in [-0.3, -0.25) is 0 Å². The second kappa shape index (κ2) is 4.58. The van der Waals surface area contributed by atoms with Crippen LogP contribution in [0.3, 0.4) is 0 Å². The third kappa shape index (κ3) is 2.21.